The largest absolute Gasteiger partial charge is 0.358 e. The third-order valence-electron chi connectivity index (χ3n) is 2.76. The molecular weight excluding hydrogens is 307 g/mol. The molecule has 0 fully saturated rings. The first-order valence-corrected chi connectivity index (χ1v) is 7.57. The van der Waals surface area contributed by atoms with Crippen molar-refractivity contribution in [1.29, 1.82) is 5.26 Å². The topological polar surface area (TPSA) is 79.5 Å². The zero-order valence-corrected chi connectivity index (χ0v) is 12.3. The smallest absolute Gasteiger partial charge is 0.263 e. The number of nitriles is 1. The fraction of sp³-hybridized carbons (Fsp3) is 0.0667. The van der Waals surface area contributed by atoms with Crippen LogP contribution in [0.15, 0.2) is 58.6 Å². The lowest BCUT2D eigenvalue weighted by molar-refractivity contribution is 0.339. The van der Waals surface area contributed by atoms with Crippen molar-refractivity contribution in [2.24, 2.45) is 5.16 Å². The van der Waals surface area contributed by atoms with Gasteiger partial charge in [-0.15, -0.1) is 0 Å². The first-order chi connectivity index (χ1) is 10.4. The van der Waals surface area contributed by atoms with E-state index in [9.17, 15) is 12.8 Å². The predicted molar refractivity (Wildman–Crippen MR) is 78.0 cm³/mol. The predicted octanol–water partition coefficient (Wildman–Crippen LogP) is 2.77. The second-order valence-corrected chi connectivity index (χ2v) is 5.93. The molecule has 0 radical (unpaired) electrons. The van der Waals surface area contributed by atoms with Gasteiger partial charge in [0.25, 0.3) is 0 Å². The van der Waals surface area contributed by atoms with Gasteiger partial charge in [-0.1, -0.05) is 22.9 Å². The molecule has 0 atom stereocenters. The normalized spacial score (nSPS) is 11.8. The molecule has 2 aromatic carbocycles. The highest BCUT2D eigenvalue weighted by Gasteiger charge is 2.16. The van der Waals surface area contributed by atoms with E-state index in [0.717, 1.165) is 17.7 Å². The van der Waals surface area contributed by atoms with Crippen molar-refractivity contribution in [3.05, 3.63) is 65.5 Å². The van der Waals surface area contributed by atoms with Crippen molar-refractivity contribution in [3.8, 4) is 6.07 Å². The molecule has 0 aliphatic heterocycles. The lowest BCUT2D eigenvalue weighted by Gasteiger charge is -2.03. The molecule has 0 saturated heterocycles. The summed E-state index contributed by atoms with van der Waals surface area (Å²) in [6.45, 7) is 1.82. The second kappa shape index (κ2) is 6.37. The molecule has 0 saturated carbocycles. The fourth-order valence-corrected chi connectivity index (χ4v) is 2.31. The third-order valence-corrected chi connectivity index (χ3v) is 3.88. The van der Waals surface area contributed by atoms with E-state index in [1.807, 2.05) is 6.92 Å². The van der Waals surface area contributed by atoms with E-state index in [0.29, 0.717) is 0 Å². The minimum Gasteiger partial charge on any atom is -0.263 e. The van der Waals surface area contributed by atoms with Crippen molar-refractivity contribution < 1.29 is 17.1 Å². The molecule has 0 amide bonds. The Kier molecular flexibility index (Phi) is 4.53. The molecule has 2 aromatic rings. The van der Waals surface area contributed by atoms with Gasteiger partial charge in [0.05, 0.1) is 0 Å². The summed E-state index contributed by atoms with van der Waals surface area (Å²) in [6, 6.07) is 12.6. The maximum Gasteiger partial charge on any atom is 0.358 e. The van der Waals surface area contributed by atoms with Crippen molar-refractivity contribution in [2.75, 3.05) is 0 Å². The summed E-state index contributed by atoms with van der Waals surface area (Å²) in [7, 11) is -4.11. The number of halogens is 1. The Morgan fingerprint density at radius 2 is 1.73 bits per heavy atom. The number of nitrogens with zero attached hydrogens (tertiary/aromatic N) is 2. The quantitative estimate of drug-likeness (QED) is 0.641. The first-order valence-electron chi connectivity index (χ1n) is 6.17. The van der Waals surface area contributed by atoms with Crippen LogP contribution in [-0.4, -0.2) is 14.1 Å². The van der Waals surface area contributed by atoms with Crippen LogP contribution in [0, 0.1) is 24.1 Å². The summed E-state index contributed by atoms with van der Waals surface area (Å²) in [5.41, 5.74) is 0.880. The van der Waals surface area contributed by atoms with E-state index < -0.39 is 15.9 Å². The van der Waals surface area contributed by atoms with Crippen molar-refractivity contribution in [3.63, 3.8) is 0 Å². The number of aryl methyl sites for hydroxylation is 1. The molecule has 0 aromatic heterocycles. The molecule has 0 heterocycles. The highest BCUT2D eigenvalue weighted by Crippen LogP contribution is 2.14. The Balaban J connectivity index is 2.26. The van der Waals surface area contributed by atoms with Crippen LogP contribution in [0.2, 0.25) is 0 Å². The van der Waals surface area contributed by atoms with Crippen molar-refractivity contribution >= 4 is 15.8 Å². The maximum absolute atomic E-state index is 12.8. The van der Waals surface area contributed by atoms with Gasteiger partial charge in [-0.2, -0.15) is 13.7 Å². The van der Waals surface area contributed by atoms with Crippen molar-refractivity contribution in [2.45, 2.75) is 11.8 Å². The Hall–Kier alpha value is -2.72. The summed E-state index contributed by atoms with van der Waals surface area (Å²) in [4.78, 5) is -0.0711. The van der Waals surface area contributed by atoms with Crippen LogP contribution in [0.25, 0.3) is 0 Å². The Morgan fingerprint density at radius 1 is 1.14 bits per heavy atom. The van der Waals surface area contributed by atoms with Crippen LogP contribution < -0.4 is 0 Å². The Labute approximate surface area is 127 Å². The average molecular weight is 318 g/mol. The summed E-state index contributed by atoms with van der Waals surface area (Å²) in [5, 5.41) is 12.4. The van der Waals surface area contributed by atoms with Crippen LogP contribution in [0.4, 0.5) is 4.39 Å². The van der Waals surface area contributed by atoms with Gasteiger partial charge in [-0.05, 0) is 43.3 Å². The van der Waals surface area contributed by atoms with Crippen LogP contribution >= 0.6 is 0 Å². The van der Waals surface area contributed by atoms with Gasteiger partial charge < -0.3 is 0 Å². The lowest BCUT2D eigenvalue weighted by Crippen LogP contribution is -2.06. The van der Waals surface area contributed by atoms with Gasteiger partial charge >= 0.3 is 10.1 Å². The van der Waals surface area contributed by atoms with Crippen LogP contribution in [-0.2, 0) is 14.4 Å². The molecule has 0 unspecified atom stereocenters. The van der Waals surface area contributed by atoms with E-state index >= 15 is 0 Å². The molecule has 2 rings (SSSR count). The number of oxime groups is 1. The minimum absolute atomic E-state index is 0.0711. The number of rotatable bonds is 4. The highest BCUT2D eigenvalue weighted by atomic mass is 32.2. The SMILES string of the molecule is Cc1ccc(S(=O)(=O)O/N=C(\C#N)c2ccc(F)cc2)cc1. The number of hydrogen-bond acceptors (Lipinski definition) is 5. The lowest BCUT2D eigenvalue weighted by atomic mass is 10.1. The van der Waals surface area contributed by atoms with Gasteiger partial charge in [0, 0.05) is 5.56 Å². The van der Waals surface area contributed by atoms with Gasteiger partial charge in [0.1, 0.15) is 16.8 Å². The molecule has 112 valence electrons. The Morgan fingerprint density at radius 3 is 2.27 bits per heavy atom. The average Bonchev–Trinajstić information content (AvgIpc) is 2.50. The van der Waals surface area contributed by atoms with E-state index in [4.69, 9.17) is 5.26 Å². The van der Waals surface area contributed by atoms with Gasteiger partial charge in [-0.25, -0.2) is 4.39 Å². The fourth-order valence-electron chi connectivity index (χ4n) is 1.58. The molecule has 0 bridgehead atoms. The first kappa shape index (κ1) is 15.7. The van der Waals surface area contributed by atoms with E-state index in [1.54, 1.807) is 18.2 Å². The minimum atomic E-state index is -4.11. The molecule has 0 N–H and O–H groups in total. The molecule has 0 aliphatic carbocycles. The molecule has 22 heavy (non-hydrogen) atoms. The van der Waals surface area contributed by atoms with E-state index in [2.05, 4.69) is 9.44 Å². The highest BCUT2D eigenvalue weighted by molar-refractivity contribution is 7.86. The second-order valence-electron chi connectivity index (χ2n) is 4.40. The van der Waals surface area contributed by atoms with Crippen LogP contribution in [0.5, 0.6) is 0 Å². The molecule has 0 aliphatic rings. The van der Waals surface area contributed by atoms with Crippen LogP contribution in [0.3, 0.4) is 0 Å². The summed E-state index contributed by atoms with van der Waals surface area (Å²) < 4.78 is 41.3. The molecule has 0 spiro atoms. The van der Waals surface area contributed by atoms with E-state index in [-0.39, 0.29) is 16.2 Å². The molecule has 5 nitrogen and oxygen atoms in total. The zero-order chi connectivity index (χ0) is 16.2. The summed E-state index contributed by atoms with van der Waals surface area (Å²) in [5.74, 6) is -0.478. The van der Waals surface area contributed by atoms with Gasteiger partial charge in [0.2, 0.25) is 0 Å². The maximum atomic E-state index is 12.8. The molecule has 7 heteroatoms. The summed E-state index contributed by atoms with van der Waals surface area (Å²) >= 11 is 0. The van der Waals surface area contributed by atoms with E-state index in [1.165, 1.54) is 24.3 Å². The zero-order valence-electron chi connectivity index (χ0n) is 11.5. The number of hydrogen-bond donors (Lipinski definition) is 0. The van der Waals surface area contributed by atoms with Gasteiger partial charge in [0.15, 0.2) is 5.71 Å². The molecular formula is C15H11FN2O3S. The standard InChI is InChI=1S/C15H11FN2O3S/c1-11-2-8-14(9-3-11)22(19,20)21-18-15(10-17)12-4-6-13(16)7-5-12/h2-9H,1H3/b18-15+. The monoisotopic (exact) mass is 318 g/mol. The number of benzene rings is 2. The third kappa shape index (κ3) is 3.68. The summed E-state index contributed by atoms with van der Waals surface area (Å²) in [6.07, 6.45) is 0. The Bertz CT molecular complexity index is 836. The van der Waals surface area contributed by atoms with Crippen molar-refractivity contribution in [1.82, 2.24) is 0 Å². The van der Waals surface area contributed by atoms with Crippen LogP contribution in [0.1, 0.15) is 11.1 Å². The van der Waals surface area contributed by atoms with Gasteiger partial charge in [-0.3, -0.25) is 4.28 Å².